The lowest BCUT2D eigenvalue weighted by Crippen LogP contribution is -2.46. The van der Waals surface area contributed by atoms with Crippen molar-refractivity contribution in [1.29, 1.82) is 0 Å². The first-order chi connectivity index (χ1) is 37.9. The quantitative estimate of drug-likeness (QED) is 0.111. The van der Waals surface area contributed by atoms with E-state index in [0.29, 0.717) is 23.5 Å². The molecule has 2 fully saturated rings. The van der Waals surface area contributed by atoms with E-state index in [1.807, 2.05) is 70.8 Å². The van der Waals surface area contributed by atoms with Crippen LogP contribution in [0, 0.1) is 13.8 Å². The van der Waals surface area contributed by atoms with Crippen molar-refractivity contribution in [2.75, 3.05) is 93.7 Å². The smallest absolute Gasteiger partial charge is 0.228 e. The fraction of sp³-hybridized carbons (Fsp3) is 0.333. The molecule has 400 valence electrons. The van der Waals surface area contributed by atoms with Gasteiger partial charge < -0.3 is 39.5 Å². The highest BCUT2D eigenvalue weighted by molar-refractivity contribution is 6.12. The molecule has 12 rings (SSSR count). The molecule has 0 spiro atoms. The topological polar surface area (TPSA) is 174 Å². The van der Waals surface area contributed by atoms with Crippen molar-refractivity contribution < 1.29 is 14.2 Å². The first-order valence-corrected chi connectivity index (χ1v) is 26.9. The van der Waals surface area contributed by atoms with Gasteiger partial charge in [-0.15, -0.1) is 0 Å². The Morgan fingerprint density at radius 3 is 1.41 bits per heavy atom. The lowest BCUT2D eigenvalue weighted by Gasteiger charge is -2.35. The normalized spacial score (nSPS) is 14.2. The van der Waals surface area contributed by atoms with Crippen LogP contribution in [0.3, 0.4) is 0 Å². The number of nitrogens with zero attached hydrogens (tertiary/aromatic N) is 13. The van der Waals surface area contributed by atoms with Gasteiger partial charge in [0, 0.05) is 85.3 Å². The van der Waals surface area contributed by atoms with Gasteiger partial charge in [0.15, 0.2) is 0 Å². The Labute approximate surface area is 454 Å². The van der Waals surface area contributed by atoms with Crippen LogP contribution in [0.4, 0.5) is 34.9 Å². The molecule has 2 saturated heterocycles. The Hall–Kier alpha value is -8.48. The minimum atomic E-state index is 0.166. The largest absolute Gasteiger partial charge is 0.497 e. The van der Waals surface area contributed by atoms with Crippen LogP contribution >= 0.6 is 0 Å². The lowest BCUT2D eigenvalue weighted by atomic mass is 9.98. The lowest BCUT2D eigenvalue weighted by molar-refractivity contribution is 0.122. The maximum Gasteiger partial charge on any atom is 0.228 e. The van der Waals surface area contributed by atoms with Crippen LogP contribution in [0.5, 0.6) is 11.5 Å². The first-order valence-electron chi connectivity index (χ1n) is 26.9. The number of rotatable bonds is 13. The van der Waals surface area contributed by atoms with Gasteiger partial charge in [-0.2, -0.15) is 10.2 Å². The van der Waals surface area contributed by atoms with E-state index < -0.39 is 0 Å². The molecule has 2 aliphatic heterocycles. The van der Waals surface area contributed by atoms with E-state index in [-0.39, 0.29) is 12.1 Å². The fourth-order valence-corrected chi connectivity index (χ4v) is 10.5. The third-order valence-corrected chi connectivity index (χ3v) is 14.6. The summed E-state index contributed by atoms with van der Waals surface area (Å²) in [4.78, 5) is 35.6. The molecule has 18 heteroatoms. The van der Waals surface area contributed by atoms with E-state index in [1.165, 1.54) is 0 Å². The number of aryl methyl sites for hydroxylation is 2. The zero-order valence-corrected chi connectivity index (χ0v) is 45.9. The second-order valence-corrected chi connectivity index (χ2v) is 20.6. The van der Waals surface area contributed by atoms with Crippen molar-refractivity contribution in [1.82, 2.24) is 54.4 Å². The van der Waals surface area contributed by atoms with Crippen molar-refractivity contribution in [2.45, 2.75) is 60.5 Å². The summed E-state index contributed by atoms with van der Waals surface area (Å²) in [5.74, 6) is 4.06. The minimum absolute atomic E-state index is 0.166. The van der Waals surface area contributed by atoms with Crippen LogP contribution in [-0.2, 0) is 4.74 Å². The summed E-state index contributed by atoms with van der Waals surface area (Å²) in [6, 6.07) is 25.3. The second-order valence-electron chi connectivity index (χ2n) is 20.6. The number of methoxy groups -OCH3 is 2. The molecule has 10 aromatic rings. The number of anilines is 6. The molecule has 0 saturated carbocycles. The molecule has 6 aromatic heterocycles. The number of fused-ring (bicyclic) bond motifs is 6. The number of morpholine rings is 1. The Balaban J connectivity index is 0.000000166. The summed E-state index contributed by atoms with van der Waals surface area (Å²) in [6.45, 7) is 23.4. The Bertz CT molecular complexity index is 3750. The van der Waals surface area contributed by atoms with Gasteiger partial charge in [0.05, 0.1) is 74.6 Å². The van der Waals surface area contributed by atoms with Crippen LogP contribution < -0.4 is 29.9 Å². The van der Waals surface area contributed by atoms with Crippen LogP contribution in [0.1, 0.15) is 57.8 Å². The molecule has 8 heterocycles. The predicted molar refractivity (Wildman–Crippen MR) is 312 cm³/mol. The van der Waals surface area contributed by atoms with Gasteiger partial charge in [0.1, 0.15) is 34.2 Å². The molecule has 2 aliphatic rings. The van der Waals surface area contributed by atoms with E-state index in [9.17, 15) is 0 Å². The third kappa shape index (κ3) is 10.6. The average molecular weight is 1050 g/mol. The van der Waals surface area contributed by atoms with Gasteiger partial charge in [0.2, 0.25) is 11.9 Å². The zero-order valence-electron chi connectivity index (χ0n) is 45.9. The summed E-state index contributed by atoms with van der Waals surface area (Å²) in [6.07, 6.45) is 11.4. The van der Waals surface area contributed by atoms with Gasteiger partial charge in [-0.3, -0.25) is 9.36 Å². The molecule has 0 aliphatic carbocycles. The summed E-state index contributed by atoms with van der Waals surface area (Å²) in [5, 5.41) is 20.1. The number of ether oxygens (including phenoxy) is 3. The molecule has 0 radical (unpaired) electrons. The van der Waals surface area contributed by atoms with Gasteiger partial charge in [0.25, 0.3) is 0 Å². The van der Waals surface area contributed by atoms with Gasteiger partial charge in [-0.05, 0) is 142 Å². The maximum atomic E-state index is 5.56. The number of hydrogen-bond donors (Lipinski definition) is 2. The number of nitrogens with one attached hydrogen (secondary N) is 2. The van der Waals surface area contributed by atoms with Crippen molar-refractivity contribution in [3.8, 4) is 33.8 Å². The minimum Gasteiger partial charge on any atom is -0.497 e. The first kappa shape index (κ1) is 51.6. The molecule has 0 amide bonds. The molecule has 18 nitrogen and oxygen atoms in total. The van der Waals surface area contributed by atoms with Crippen LogP contribution in [0.2, 0.25) is 0 Å². The number of likely N-dealkylation sites (N-methyl/N-ethyl adjacent to an activating group) is 1. The van der Waals surface area contributed by atoms with E-state index in [4.69, 9.17) is 34.4 Å². The summed E-state index contributed by atoms with van der Waals surface area (Å²) < 4.78 is 20.6. The number of hydrogen-bond acceptors (Lipinski definition) is 16. The Kier molecular flexibility index (Phi) is 14.7. The summed E-state index contributed by atoms with van der Waals surface area (Å²) >= 11 is 0. The zero-order chi connectivity index (χ0) is 54.0. The van der Waals surface area contributed by atoms with Crippen LogP contribution in [-0.4, -0.2) is 128 Å². The van der Waals surface area contributed by atoms with Crippen LogP contribution in [0.25, 0.3) is 65.9 Å². The van der Waals surface area contributed by atoms with E-state index >= 15 is 0 Å². The number of benzene rings is 4. The average Bonchev–Trinajstić information content (AvgIpc) is 4.22. The molecular formula is C60H67N15O3. The van der Waals surface area contributed by atoms with Gasteiger partial charge in [-0.25, -0.2) is 29.9 Å². The van der Waals surface area contributed by atoms with E-state index in [2.05, 4.69) is 142 Å². The third-order valence-electron chi connectivity index (χ3n) is 14.6. The maximum absolute atomic E-state index is 5.56. The van der Waals surface area contributed by atoms with Crippen molar-refractivity contribution >= 4 is 78.5 Å². The molecule has 0 atom stereocenters. The van der Waals surface area contributed by atoms with Crippen LogP contribution in [0.15, 0.2) is 110 Å². The summed E-state index contributed by atoms with van der Waals surface area (Å²) in [7, 11) is 3.39. The van der Waals surface area contributed by atoms with Gasteiger partial charge in [-0.1, -0.05) is 19.1 Å². The molecule has 78 heavy (non-hydrogen) atoms. The summed E-state index contributed by atoms with van der Waals surface area (Å²) in [5.41, 5.74) is 12.5. The van der Waals surface area contributed by atoms with Crippen molar-refractivity contribution in [2.24, 2.45) is 0 Å². The SMILES string of the molecule is CCN1CCN(c2ccc(Nc3ncc4cc(-c5cc(C)cc(OC)c5)c5cnn(C(C)C)c5c4n3)nc2)CC1.COc1cc(C)cc(-c2cc3cnc(Nc4ccc(N5CCOCC5)cn4)nc3c3c2cnn3C(C)C)c1. The number of pyridine rings is 2. The highest BCUT2D eigenvalue weighted by atomic mass is 16.5. The number of aromatic nitrogens is 10. The highest BCUT2D eigenvalue weighted by Crippen LogP contribution is 2.39. The molecule has 4 aromatic carbocycles. The predicted octanol–water partition coefficient (Wildman–Crippen LogP) is 11.3. The molecule has 2 N–H and O–H groups in total. The van der Waals surface area contributed by atoms with Crippen molar-refractivity contribution in [3.05, 3.63) is 121 Å². The molecule has 0 bridgehead atoms. The highest BCUT2D eigenvalue weighted by Gasteiger charge is 2.22. The Morgan fingerprint density at radius 2 is 1.00 bits per heavy atom. The Morgan fingerprint density at radius 1 is 0.538 bits per heavy atom. The van der Waals surface area contributed by atoms with Crippen molar-refractivity contribution in [3.63, 3.8) is 0 Å². The van der Waals surface area contributed by atoms with Gasteiger partial charge >= 0.3 is 0 Å². The standard InChI is InChI=1S/C31H36N8O.C29H31N7O2/c1-6-37-9-11-38(12-10-37)24-7-8-28(32-18-24)35-31-33-17-23-16-26(22-13-21(4)14-25(15-22)40-5)27-19-34-39(20(2)3)30(27)29(23)36-31;1-18(2)36-28-25(17-32-36)24(20-11-19(3)12-23(13-20)37-4)14-21-15-31-29(34-27(21)28)33-26-6-5-22(16-30-26)35-7-9-38-10-8-35/h7-8,13-20H,6,9-12H2,1-5H3,(H,32,33,35,36);5-6,11-18H,7-10H2,1-4H3,(H,30,31,33,34). The van der Waals surface area contributed by atoms with E-state index in [1.54, 1.807) is 14.2 Å². The monoisotopic (exact) mass is 1050 g/mol. The second kappa shape index (κ2) is 22.2. The molecule has 0 unspecified atom stereocenters. The molecular weight excluding hydrogens is 979 g/mol. The fourth-order valence-electron chi connectivity index (χ4n) is 10.5. The van der Waals surface area contributed by atoms with E-state index in [0.717, 1.165) is 159 Å². The number of piperazine rings is 1.